The zero-order valence-corrected chi connectivity index (χ0v) is 13.2. The number of nitrogens with one attached hydrogen (secondary N) is 1. The van der Waals surface area contributed by atoms with E-state index >= 15 is 0 Å². The van der Waals surface area contributed by atoms with Crippen molar-refractivity contribution < 1.29 is 0 Å². The second-order valence-electron chi connectivity index (χ2n) is 6.02. The molecule has 0 spiro atoms. The first-order valence-electron chi connectivity index (χ1n) is 7.54. The highest BCUT2D eigenvalue weighted by atomic mass is 32.1. The van der Waals surface area contributed by atoms with Crippen molar-refractivity contribution in [2.24, 2.45) is 0 Å². The summed E-state index contributed by atoms with van der Waals surface area (Å²) in [6.45, 7) is 4.17. The van der Waals surface area contributed by atoms with E-state index in [-0.39, 0.29) is 0 Å². The van der Waals surface area contributed by atoms with E-state index in [9.17, 15) is 0 Å². The predicted molar refractivity (Wildman–Crippen MR) is 86.7 cm³/mol. The second kappa shape index (κ2) is 5.70. The molecule has 1 heterocycles. The molecule has 0 bridgehead atoms. The summed E-state index contributed by atoms with van der Waals surface area (Å²) in [5, 5.41) is 0. The van der Waals surface area contributed by atoms with Crippen LogP contribution in [0.2, 0.25) is 0 Å². The van der Waals surface area contributed by atoms with Gasteiger partial charge in [-0.2, -0.15) is 0 Å². The summed E-state index contributed by atoms with van der Waals surface area (Å²) in [6, 6.07) is 7.24. The van der Waals surface area contributed by atoms with E-state index in [0.717, 1.165) is 29.4 Å². The maximum Gasteiger partial charge on any atom is 0.178 e. The van der Waals surface area contributed by atoms with Crippen LogP contribution in [0.1, 0.15) is 31.2 Å². The minimum atomic E-state index is 0.774. The summed E-state index contributed by atoms with van der Waals surface area (Å²) in [5.41, 5.74) is 3.66. The summed E-state index contributed by atoms with van der Waals surface area (Å²) in [4.78, 5) is 5.81. The van der Waals surface area contributed by atoms with Crippen LogP contribution in [-0.4, -0.2) is 34.1 Å². The molecule has 1 fully saturated rings. The lowest BCUT2D eigenvalue weighted by Gasteiger charge is -2.24. The Morgan fingerprint density at radius 3 is 2.85 bits per heavy atom. The minimum Gasteiger partial charge on any atom is -0.331 e. The third kappa shape index (κ3) is 2.67. The molecule has 0 aliphatic heterocycles. The van der Waals surface area contributed by atoms with Gasteiger partial charge >= 0.3 is 0 Å². The van der Waals surface area contributed by atoms with Crippen LogP contribution in [0.5, 0.6) is 0 Å². The highest BCUT2D eigenvalue weighted by Crippen LogP contribution is 2.22. The van der Waals surface area contributed by atoms with Gasteiger partial charge in [0.15, 0.2) is 4.77 Å². The van der Waals surface area contributed by atoms with Gasteiger partial charge in [0.05, 0.1) is 11.0 Å². The number of aromatic amines is 1. The Labute approximate surface area is 125 Å². The maximum absolute atomic E-state index is 5.47. The first kappa shape index (κ1) is 13.8. The van der Waals surface area contributed by atoms with Gasteiger partial charge in [-0.25, -0.2) is 0 Å². The van der Waals surface area contributed by atoms with Gasteiger partial charge in [0.1, 0.15) is 0 Å². The zero-order valence-electron chi connectivity index (χ0n) is 12.4. The van der Waals surface area contributed by atoms with Crippen LogP contribution in [0.3, 0.4) is 0 Å². The standard InChI is InChI=1S/C16H23N3S/c1-12-7-8-14-15(11-12)19(16(20)17-14)10-9-18(2)13-5-3-4-6-13/h7-8,11,13H,3-6,9-10H2,1-2H3,(H,17,20). The molecule has 3 rings (SSSR count). The first-order chi connectivity index (χ1) is 9.65. The smallest absolute Gasteiger partial charge is 0.178 e. The summed E-state index contributed by atoms with van der Waals surface area (Å²) < 4.78 is 3.08. The van der Waals surface area contributed by atoms with Crippen LogP contribution in [0.15, 0.2) is 18.2 Å². The van der Waals surface area contributed by atoms with Crippen molar-refractivity contribution in [3.63, 3.8) is 0 Å². The number of rotatable bonds is 4. The molecule has 0 unspecified atom stereocenters. The molecule has 1 saturated carbocycles. The van der Waals surface area contributed by atoms with Gasteiger partial charge < -0.3 is 14.5 Å². The number of nitrogens with zero attached hydrogens (tertiary/aromatic N) is 2. The van der Waals surface area contributed by atoms with Gasteiger partial charge in [-0.1, -0.05) is 18.9 Å². The minimum absolute atomic E-state index is 0.774. The molecule has 4 heteroatoms. The molecule has 1 aromatic heterocycles. The summed E-state index contributed by atoms with van der Waals surface area (Å²) >= 11 is 5.47. The number of hydrogen-bond donors (Lipinski definition) is 1. The number of likely N-dealkylation sites (N-methyl/N-ethyl adjacent to an activating group) is 1. The fourth-order valence-corrected chi connectivity index (χ4v) is 3.57. The first-order valence-corrected chi connectivity index (χ1v) is 7.95. The largest absolute Gasteiger partial charge is 0.331 e. The van der Waals surface area contributed by atoms with Gasteiger partial charge in [0, 0.05) is 19.1 Å². The number of aromatic nitrogens is 2. The zero-order chi connectivity index (χ0) is 14.1. The molecule has 1 N–H and O–H groups in total. The van der Waals surface area contributed by atoms with Crippen molar-refractivity contribution in [1.82, 2.24) is 14.5 Å². The Bertz CT molecular complexity index is 649. The molecule has 1 aliphatic carbocycles. The predicted octanol–water partition coefficient (Wildman–Crippen LogP) is 3.88. The molecule has 0 atom stereocenters. The molecule has 0 amide bonds. The number of hydrogen-bond acceptors (Lipinski definition) is 2. The fraction of sp³-hybridized carbons (Fsp3) is 0.562. The average molecular weight is 289 g/mol. The number of imidazole rings is 1. The highest BCUT2D eigenvalue weighted by Gasteiger charge is 2.19. The lowest BCUT2D eigenvalue weighted by Crippen LogP contribution is -2.32. The quantitative estimate of drug-likeness (QED) is 0.864. The molecule has 1 aliphatic rings. The number of benzene rings is 1. The monoisotopic (exact) mass is 289 g/mol. The molecule has 3 nitrogen and oxygen atoms in total. The normalized spacial score (nSPS) is 16.6. The van der Waals surface area contributed by atoms with Gasteiger partial charge in [0.2, 0.25) is 0 Å². The van der Waals surface area contributed by atoms with E-state index in [1.165, 1.54) is 36.8 Å². The average Bonchev–Trinajstić information content (AvgIpc) is 3.04. The van der Waals surface area contributed by atoms with Crippen LogP contribution in [0.4, 0.5) is 0 Å². The number of aryl methyl sites for hydroxylation is 1. The Morgan fingerprint density at radius 1 is 1.35 bits per heavy atom. The lowest BCUT2D eigenvalue weighted by atomic mass is 10.2. The van der Waals surface area contributed by atoms with Gasteiger partial charge in [-0.05, 0) is 56.7 Å². The Hall–Kier alpha value is -1.13. The van der Waals surface area contributed by atoms with Crippen molar-refractivity contribution in [3.05, 3.63) is 28.5 Å². The molecular weight excluding hydrogens is 266 g/mol. The summed E-state index contributed by atoms with van der Waals surface area (Å²) in [6.07, 6.45) is 5.49. The molecule has 2 aromatic rings. The van der Waals surface area contributed by atoms with Crippen LogP contribution < -0.4 is 0 Å². The topological polar surface area (TPSA) is 24.0 Å². The van der Waals surface area contributed by atoms with Crippen LogP contribution in [0, 0.1) is 11.7 Å². The van der Waals surface area contributed by atoms with E-state index in [4.69, 9.17) is 12.2 Å². The summed E-state index contributed by atoms with van der Waals surface area (Å²) in [5.74, 6) is 0. The third-order valence-corrected chi connectivity index (χ3v) is 4.88. The van der Waals surface area contributed by atoms with Gasteiger partial charge in [-0.3, -0.25) is 0 Å². The fourth-order valence-electron chi connectivity index (χ4n) is 3.27. The number of fused-ring (bicyclic) bond motifs is 1. The molecular formula is C16H23N3S. The van der Waals surface area contributed by atoms with Gasteiger partial charge in [0.25, 0.3) is 0 Å². The van der Waals surface area contributed by atoms with Crippen molar-refractivity contribution >= 4 is 23.3 Å². The van der Waals surface area contributed by atoms with Crippen LogP contribution >= 0.6 is 12.2 Å². The molecule has 108 valence electrons. The Morgan fingerprint density at radius 2 is 2.10 bits per heavy atom. The molecule has 0 radical (unpaired) electrons. The highest BCUT2D eigenvalue weighted by molar-refractivity contribution is 7.71. The van der Waals surface area contributed by atoms with Crippen molar-refractivity contribution in [2.75, 3.05) is 13.6 Å². The van der Waals surface area contributed by atoms with E-state index in [2.05, 4.69) is 46.6 Å². The van der Waals surface area contributed by atoms with Crippen LogP contribution in [-0.2, 0) is 6.54 Å². The van der Waals surface area contributed by atoms with E-state index in [1.807, 2.05) is 0 Å². The van der Waals surface area contributed by atoms with E-state index in [0.29, 0.717) is 0 Å². The maximum atomic E-state index is 5.47. The lowest BCUT2D eigenvalue weighted by molar-refractivity contribution is 0.237. The SMILES string of the molecule is Cc1ccc2[nH]c(=S)n(CCN(C)C3CCCC3)c2c1. The second-order valence-corrected chi connectivity index (χ2v) is 6.41. The van der Waals surface area contributed by atoms with Gasteiger partial charge in [-0.15, -0.1) is 0 Å². The van der Waals surface area contributed by atoms with Crippen LogP contribution in [0.25, 0.3) is 11.0 Å². The Kier molecular flexibility index (Phi) is 3.94. The molecule has 20 heavy (non-hydrogen) atoms. The van der Waals surface area contributed by atoms with Crippen molar-refractivity contribution in [2.45, 2.75) is 45.2 Å². The summed E-state index contributed by atoms with van der Waals surface area (Å²) in [7, 11) is 2.25. The molecule has 1 aromatic carbocycles. The Balaban J connectivity index is 1.78. The van der Waals surface area contributed by atoms with Crippen molar-refractivity contribution in [3.8, 4) is 0 Å². The van der Waals surface area contributed by atoms with E-state index in [1.54, 1.807) is 0 Å². The molecule has 0 saturated heterocycles. The van der Waals surface area contributed by atoms with E-state index < -0.39 is 0 Å². The van der Waals surface area contributed by atoms with Crippen molar-refractivity contribution in [1.29, 1.82) is 0 Å². The number of H-pyrrole nitrogens is 1. The third-order valence-electron chi connectivity index (χ3n) is 4.56.